The summed E-state index contributed by atoms with van der Waals surface area (Å²) >= 11 is 0. The fourth-order valence-electron chi connectivity index (χ4n) is 8.95. The minimum absolute atomic E-state index is 0.571. The smallest absolute Gasteiger partial charge is 0.102 e. The Labute approximate surface area is 316 Å². The van der Waals surface area contributed by atoms with Crippen LogP contribution in [-0.4, -0.2) is 13.7 Å². The number of fused-ring (bicyclic) bond motifs is 9. The van der Waals surface area contributed by atoms with Crippen LogP contribution in [0.1, 0.15) is 11.1 Å². The van der Waals surface area contributed by atoms with Crippen molar-refractivity contribution >= 4 is 65.4 Å². The van der Waals surface area contributed by atoms with Gasteiger partial charge in [-0.2, -0.15) is 10.5 Å². The van der Waals surface area contributed by atoms with Crippen molar-refractivity contribution in [2.75, 3.05) is 0 Å². The average molecular weight is 700 g/mol. The summed E-state index contributed by atoms with van der Waals surface area (Å²) < 4.78 is 6.81. The number of rotatable bonds is 4. The van der Waals surface area contributed by atoms with E-state index in [9.17, 15) is 10.5 Å². The lowest BCUT2D eigenvalue weighted by atomic mass is 9.96. The van der Waals surface area contributed by atoms with Crippen molar-refractivity contribution in [3.63, 3.8) is 0 Å². The van der Waals surface area contributed by atoms with Gasteiger partial charge in [-0.05, 0) is 54.6 Å². The van der Waals surface area contributed by atoms with E-state index in [4.69, 9.17) is 0 Å². The molecule has 0 atom stereocenters. The number of para-hydroxylation sites is 6. The van der Waals surface area contributed by atoms with Crippen LogP contribution >= 0.6 is 0 Å². The summed E-state index contributed by atoms with van der Waals surface area (Å²) in [5.41, 5.74) is 11.9. The van der Waals surface area contributed by atoms with Gasteiger partial charge >= 0.3 is 0 Å². The highest BCUT2D eigenvalue weighted by molar-refractivity contribution is 6.17. The molecule has 0 amide bonds. The van der Waals surface area contributed by atoms with Gasteiger partial charge in [-0.1, -0.05) is 121 Å². The SMILES string of the molecule is N#Cc1c(-c2ccccc2-n2c3ccccc3c3cccc(C#N)c32)cccc1-n1c2ccccc2c2c(-n3c4ccccc4c4ccccc43)cccc21. The maximum absolute atomic E-state index is 11.2. The summed E-state index contributed by atoms with van der Waals surface area (Å²) in [6, 6.07) is 65.8. The summed E-state index contributed by atoms with van der Waals surface area (Å²) in [6.07, 6.45) is 0. The van der Waals surface area contributed by atoms with Crippen molar-refractivity contribution in [3.05, 3.63) is 187 Å². The minimum atomic E-state index is 0.571. The molecule has 0 aliphatic rings. The zero-order valence-electron chi connectivity index (χ0n) is 29.5. The molecule has 55 heavy (non-hydrogen) atoms. The number of nitriles is 2. The van der Waals surface area contributed by atoms with Crippen LogP contribution in [0.4, 0.5) is 0 Å². The Balaban J connectivity index is 1.20. The molecule has 254 valence electrons. The van der Waals surface area contributed by atoms with Crippen molar-refractivity contribution in [2.24, 2.45) is 0 Å². The third-order valence-electron chi connectivity index (χ3n) is 11.1. The van der Waals surface area contributed by atoms with E-state index in [0.717, 1.165) is 82.8 Å². The number of hydrogen-bond donors (Lipinski definition) is 0. The fourth-order valence-corrected chi connectivity index (χ4v) is 8.95. The molecule has 5 heteroatoms. The van der Waals surface area contributed by atoms with E-state index >= 15 is 0 Å². The molecule has 0 aliphatic heterocycles. The molecule has 0 radical (unpaired) electrons. The van der Waals surface area contributed by atoms with Crippen molar-refractivity contribution in [1.29, 1.82) is 10.5 Å². The second kappa shape index (κ2) is 11.8. The molecule has 0 saturated carbocycles. The first-order chi connectivity index (χ1) is 27.3. The standard InChI is InChI=1S/C50H29N5/c51-30-32-14-11-21-38-37-18-4-9-25-44(37)55(50(32)38)43-24-8-1-15-34(43)33-20-12-27-46(40(33)31-52)54-45-26-10-5-19-39(45)49-47(28-13-29-48(49)54)53-41-22-6-2-16-35(41)36-17-3-7-23-42(36)53/h1-29H. The van der Waals surface area contributed by atoms with E-state index < -0.39 is 0 Å². The Morgan fingerprint density at radius 2 is 0.782 bits per heavy atom. The molecule has 0 saturated heterocycles. The molecular weight excluding hydrogens is 671 g/mol. The van der Waals surface area contributed by atoms with Gasteiger partial charge in [-0.15, -0.1) is 0 Å². The van der Waals surface area contributed by atoms with Crippen LogP contribution in [-0.2, 0) is 0 Å². The predicted molar refractivity (Wildman–Crippen MR) is 224 cm³/mol. The predicted octanol–water partition coefficient (Wildman–Crippen LogP) is 12.4. The van der Waals surface area contributed by atoms with Crippen LogP contribution in [0.5, 0.6) is 0 Å². The molecule has 11 rings (SSSR count). The zero-order valence-corrected chi connectivity index (χ0v) is 29.5. The van der Waals surface area contributed by atoms with E-state index in [0.29, 0.717) is 11.1 Å². The zero-order chi connectivity index (χ0) is 36.6. The van der Waals surface area contributed by atoms with Crippen molar-refractivity contribution in [2.45, 2.75) is 0 Å². The lowest BCUT2D eigenvalue weighted by Crippen LogP contribution is -2.02. The van der Waals surface area contributed by atoms with Gasteiger partial charge in [0, 0.05) is 43.4 Å². The number of aromatic nitrogens is 3. The van der Waals surface area contributed by atoms with Gasteiger partial charge in [0.2, 0.25) is 0 Å². The first kappa shape index (κ1) is 30.7. The second-order valence-electron chi connectivity index (χ2n) is 13.9. The molecule has 3 aromatic heterocycles. The first-order valence-electron chi connectivity index (χ1n) is 18.3. The molecule has 0 fully saturated rings. The van der Waals surface area contributed by atoms with E-state index in [2.05, 4.69) is 153 Å². The maximum atomic E-state index is 11.2. The van der Waals surface area contributed by atoms with E-state index in [-0.39, 0.29) is 0 Å². The van der Waals surface area contributed by atoms with E-state index in [1.807, 2.05) is 48.5 Å². The molecule has 8 aromatic carbocycles. The topological polar surface area (TPSA) is 62.4 Å². The molecule has 3 heterocycles. The van der Waals surface area contributed by atoms with Crippen molar-refractivity contribution in [1.82, 2.24) is 13.7 Å². The third kappa shape index (κ3) is 4.27. The Bertz CT molecular complexity index is 3420. The highest BCUT2D eigenvalue weighted by atomic mass is 15.0. The van der Waals surface area contributed by atoms with Gasteiger partial charge in [-0.3, -0.25) is 0 Å². The molecule has 0 spiro atoms. The Morgan fingerprint density at radius 3 is 1.47 bits per heavy atom. The fraction of sp³-hybridized carbons (Fsp3) is 0. The molecule has 0 unspecified atom stereocenters. The number of hydrogen-bond acceptors (Lipinski definition) is 2. The molecule has 0 N–H and O–H groups in total. The molecular formula is C50H29N5. The summed E-state index contributed by atoms with van der Waals surface area (Å²) in [5.74, 6) is 0. The highest BCUT2D eigenvalue weighted by Gasteiger charge is 2.23. The molecule has 0 aliphatic carbocycles. The van der Waals surface area contributed by atoms with Gasteiger partial charge in [0.1, 0.15) is 12.1 Å². The first-order valence-corrected chi connectivity index (χ1v) is 18.3. The largest absolute Gasteiger partial charge is 0.309 e. The molecule has 0 bridgehead atoms. The van der Waals surface area contributed by atoms with Crippen LogP contribution in [0.25, 0.3) is 93.6 Å². The second-order valence-corrected chi connectivity index (χ2v) is 13.9. The quantitative estimate of drug-likeness (QED) is 0.184. The van der Waals surface area contributed by atoms with E-state index in [1.165, 1.54) is 10.8 Å². The molecule has 11 aromatic rings. The Hall–Kier alpha value is -7.86. The van der Waals surface area contributed by atoms with E-state index in [1.54, 1.807) is 0 Å². The van der Waals surface area contributed by atoms with Crippen LogP contribution in [0.2, 0.25) is 0 Å². The monoisotopic (exact) mass is 699 g/mol. The average Bonchev–Trinajstić information content (AvgIpc) is 3.89. The highest BCUT2D eigenvalue weighted by Crippen LogP contribution is 2.43. The van der Waals surface area contributed by atoms with Crippen LogP contribution in [0, 0.1) is 22.7 Å². The van der Waals surface area contributed by atoms with Crippen LogP contribution in [0.15, 0.2) is 176 Å². The van der Waals surface area contributed by atoms with Gasteiger partial charge in [-0.25, -0.2) is 0 Å². The lowest BCUT2D eigenvalue weighted by molar-refractivity contribution is 1.15. The van der Waals surface area contributed by atoms with Gasteiger partial charge < -0.3 is 13.7 Å². The Morgan fingerprint density at radius 1 is 0.327 bits per heavy atom. The summed E-state index contributed by atoms with van der Waals surface area (Å²) in [5, 5.41) is 28.2. The van der Waals surface area contributed by atoms with Gasteiger partial charge in [0.05, 0.1) is 61.3 Å². The molecule has 5 nitrogen and oxygen atoms in total. The summed E-state index contributed by atoms with van der Waals surface area (Å²) in [4.78, 5) is 0. The van der Waals surface area contributed by atoms with Crippen molar-refractivity contribution in [3.8, 4) is 40.3 Å². The normalized spacial score (nSPS) is 11.6. The number of benzene rings is 8. The summed E-state index contributed by atoms with van der Waals surface area (Å²) in [6.45, 7) is 0. The Kier molecular flexibility index (Phi) is 6.61. The minimum Gasteiger partial charge on any atom is -0.309 e. The summed E-state index contributed by atoms with van der Waals surface area (Å²) in [7, 11) is 0. The maximum Gasteiger partial charge on any atom is 0.102 e. The van der Waals surface area contributed by atoms with Crippen LogP contribution < -0.4 is 0 Å². The lowest BCUT2D eigenvalue weighted by Gasteiger charge is -2.18. The third-order valence-corrected chi connectivity index (χ3v) is 11.1. The van der Waals surface area contributed by atoms with Crippen LogP contribution in [0.3, 0.4) is 0 Å². The van der Waals surface area contributed by atoms with Gasteiger partial charge in [0.15, 0.2) is 0 Å². The van der Waals surface area contributed by atoms with Crippen molar-refractivity contribution < 1.29 is 0 Å². The number of nitrogens with zero attached hydrogens (tertiary/aromatic N) is 5. The van der Waals surface area contributed by atoms with Gasteiger partial charge in [0.25, 0.3) is 0 Å².